The number of hydrogen-bond donors (Lipinski definition) is 1. The van der Waals surface area contributed by atoms with Gasteiger partial charge in [0, 0.05) is 11.7 Å². The lowest BCUT2D eigenvalue weighted by atomic mass is 10.0. The largest absolute Gasteiger partial charge is 0.495 e. The van der Waals surface area contributed by atoms with Gasteiger partial charge in [0.15, 0.2) is 0 Å². The van der Waals surface area contributed by atoms with Gasteiger partial charge in [-0.05, 0) is 30.7 Å². The first-order chi connectivity index (χ1) is 8.31. The Morgan fingerprint density at radius 3 is 3.00 bits per heavy atom. The Morgan fingerprint density at radius 2 is 2.29 bits per heavy atom. The van der Waals surface area contributed by atoms with Crippen LogP contribution < -0.4 is 10.1 Å². The Kier molecular flexibility index (Phi) is 4.31. The van der Waals surface area contributed by atoms with Gasteiger partial charge >= 0.3 is 0 Å². The molecule has 1 N–H and O–H groups in total. The van der Waals surface area contributed by atoms with E-state index in [1.54, 1.807) is 7.11 Å². The highest BCUT2D eigenvalue weighted by molar-refractivity contribution is 7.99. The van der Waals surface area contributed by atoms with E-state index in [-0.39, 0.29) is 11.8 Å². The van der Waals surface area contributed by atoms with Crippen LogP contribution in [0.15, 0.2) is 24.3 Å². The van der Waals surface area contributed by atoms with Gasteiger partial charge in [-0.1, -0.05) is 12.1 Å². The van der Waals surface area contributed by atoms with Crippen molar-refractivity contribution in [1.29, 1.82) is 0 Å². The van der Waals surface area contributed by atoms with Gasteiger partial charge in [0.05, 0.1) is 12.8 Å². The number of nitrogens with one attached hydrogen (secondary N) is 1. The molecule has 0 saturated carbocycles. The lowest BCUT2D eigenvalue weighted by Crippen LogP contribution is -2.27. The molecular weight excluding hydrogens is 234 g/mol. The highest BCUT2D eigenvalue weighted by Crippen LogP contribution is 2.27. The third kappa shape index (κ3) is 3.16. The standard InChI is InChI=1S/C13H17NO2S/c1-16-12-7-3-2-6-11(12)14-13(15)10-5-4-8-17-9-10/h2-3,6-7,10H,4-5,8-9H2,1H3,(H,14,15). The fraction of sp³-hybridized carbons (Fsp3) is 0.462. The predicted octanol–water partition coefficient (Wildman–Crippen LogP) is 2.78. The number of anilines is 1. The smallest absolute Gasteiger partial charge is 0.228 e. The number of benzene rings is 1. The summed E-state index contributed by atoms with van der Waals surface area (Å²) in [4.78, 5) is 12.1. The first-order valence-electron chi connectivity index (χ1n) is 5.83. The van der Waals surface area contributed by atoms with Crippen LogP contribution in [0.4, 0.5) is 5.69 Å². The molecule has 3 nitrogen and oxygen atoms in total. The maximum atomic E-state index is 12.1. The first-order valence-corrected chi connectivity index (χ1v) is 6.98. The predicted molar refractivity (Wildman–Crippen MR) is 71.7 cm³/mol. The van der Waals surface area contributed by atoms with Crippen LogP contribution in [0.5, 0.6) is 5.75 Å². The van der Waals surface area contributed by atoms with Crippen molar-refractivity contribution in [3.8, 4) is 5.75 Å². The minimum atomic E-state index is 0.113. The van der Waals surface area contributed by atoms with E-state index < -0.39 is 0 Å². The molecule has 1 amide bonds. The second-order valence-electron chi connectivity index (χ2n) is 4.10. The lowest BCUT2D eigenvalue weighted by Gasteiger charge is -2.21. The summed E-state index contributed by atoms with van der Waals surface area (Å²) in [6, 6.07) is 7.51. The summed E-state index contributed by atoms with van der Waals surface area (Å²) in [7, 11) is 1.61. The molecular formula is C13H17NO2S. The quantitative estimate of drug-likeness (QED) is 0.897. The van der Waals surface area contributed by atoms with Crippen LogP contribution in [0, 0.1) is 5.92 Å². The van der Waals surface area contributed by atoms with E-state index in [0.717, 1.165) is 24.3 Å². The zero-order chi connectivity index (χ0) is 12.1. The highest BCUT2D eigenvalue weighted by atomic mass is 32.2. The summed E-state index contributed by atoms with van der Waals surface area (Å²) in [5.41, 5.74) is 0.760. The summed E-state index contributed by atoms with van der Waals surface area (Å²) in [6.07, 6.45) is 2.13. The molecule has 1 aromatic rings. The molecule has 0 aromatic heterocycles. The fourth-order valence-corrected chi connectivity index (χ4v) is 3.07. The number of para-hydroxylation sites is 2. The van der Waals surface area contributed by atoms with Crippen molar-refractivity contribution < 1.29 is 9.53 Å². The molecule has 1 aliphatic rings. The Morgan fingerprint density at radius 1 is 1.47 bits per heavy atom. The minimum Gasteiger partial charge on any atom is -0.495 e. The Hall–Kier alpha value is -1.16. The number of amides is 1. The van der Waals surface area contributed by atoms with Crippen molar-refractivity contribution in [3.63, 3.8) is 0 Å². The van der Waals surface area contributed by atoms with E-state index in [1.807, 2.05) is 36.0 Å². The number of carbonyl (C=O) groups is 1. The monoisotopic (exact) mass is 251 g/mol. The number of thioether (sulfide) groups is 1. The normalized spacial score (nSPS) is 19.7. The van der Waals surface area contributed by atoms with E-state index >= 15 is 0 Å². The van der Waals surface area contributed by atoms with Crippen LogP contribution in [-0.2, 0) is 4.79 Å². The van der Waals surface area contributed by atoms with Crippen LogP contribution in [0.2, 0.25) is 0 Å². The van der Waals surface area contributed by atoms with E-state index in [9.17, 15) is 4.79 Å². The van der Waals surface area contributed by atoms with Crippen LogP contribution in [0.1, 0.15) is 12.8 Å². The van der Waals surface area contributed by atoms with Crippen molar-refractivity contribution >= 4 is 23.4 Å². The van der Waals surface area contributed by atoms with E-state index in [1.165, 1.54) is 5.75 Å². The maximum absolute atomic E-state index is 12.1. The molecule has 0 spiro atoms. The first kappa shape index (κ1) is 12.3. The van der Waals surface area contributed by atoms with Gasteiger partial charge < -0.3 is 10.1 Å². The third-order valence-corrected chi connectivity index (χ3v) is 4.11. The summed E-state index contributed by atoms with van der Waals surface area (Å²) in [5, 5.41) is 2.95. The minimum absolute atomic E-state index is 0.113. The van der Waals surface area contributed by atoms with Crippen molar-refractivity contribution in [2.75, 3.05) is 23.9 Å². The van der Waals surface area contributed by atoms with Crippen molar-refractivity contribution in [1.82, 2.24) is 0 Å². The lowest BCUT2D eigenvalue weighted by molar-refractivity contribution is -0.119. The number of ether oxygens (including phenoxy) is 1. The Bertz CT molecular complexity index is 389. The number of methoxy groups -OCH3 is 1. The SMILES string of the molecule is COc1ccccc1NC(=O)C1CCCSC1. The average molecular weight is 251 g/mol. The van der Waals surface area contributed by atoms with Gasteiger partial charge in [-0.15, -0.1) is 0 Å². The van der Waals surface area contributed by atoms with Crippen LogP contribution in [-0.4, -0.2) is 24.5 Å². The van der Waals surface area contributed by atoms with E-state index in [2.05, 4.69) is 5.32 Å². The van der Waals surface area contributed by atoms with Gasteiger partial charge in [-0.25, -0.2) is 0 Å². The summed E-state index contributed by atoms with van der Waals surface area (Å²) < 4.78 is 5.21. The molecule has 17 heavy (non-hydrogen) atoms. The molecule has 2 rings (SSSR count). The molecule has 1 atom stereocenters. The summed E-state index contributed by atoms with van der Waals surface area (Å²) >= 11 is 1.86. The summed E-state index contributed by atoms with van der Waals surface area (Å²) in [5.74, 6) is 3.07. The summed E-state index contributed by atoms with van der Waals surface area (Å²) in [6.45, 7) is 0. The molecule has 92 valence electrons. The Balaban J connectivity index is 2.01. The number of hydrogen-bond acceptors (Lipinski definition) is 3. The molecule has 1 aliphatic heterocycles. The fourth-order valence-electron chi connectivity index (χ4n) is 1.93. The van der Waals surface area contributed by atoms with Crippen molar-refractivity contribution in [2.24, 2.45) is 5.92 Å². The molecule has 1 fully saturated rings. The number of carbonyl (C=O) groups excluding carboxylic acids is 1. The molecule has 0 aliphatic carbocycles. The third-order valence-electron chi connectivity index (χ3n) is 2.90. The van der Waals surface area contributed by atoms with Gasteiger partial charge in [-0.3, -0.25) is 4.79 Å². The second-order valence-corrected chi connectivity index (χ2v) is 5.25. The topological polar surface area (TPSA) is 38.3 Å². The van der Waals surface area contributed by atoms with Gasteiger partial charge in [0.1, 0.15) is 5.75 Å². The maximum Gasteiger partial charge on any atom is 0.228 e. The van der Waals surface area contributed by atoms with E-state index in [0.29, 0.717) is 5.75 Å². The van der Waals surface area contributed by atoms with Gasteiger partial charge in [0.2, 0.25) is 5.91 Å². The van der Waals surface area contributed by atoms with Crippen LogP contribution >= 0.6 is 11.8 Å². The Labute approximate surface area is 106 Å². The molecule has 0 bridgehead atoms. The molecule has 4 heteroatoms. The van der Waals surface area contributed by atoms with Crippen LogP contribution in [0.3, 0.4) is 0 Å². The highest BCUT2D eigenvalue weighted by Gasteiger charge is 2.22. The van der Waals surface area contributed by atoms with Crippen molar-refractivity contribution in [2.45, 2.75) is 12.8 Å². The molecule has 0 radical (unpaired) electrons. The van der Waals surface area contributed by atoms with Crippen LogP contribution in [0.25, 0.3) is 0 Å². The molecule has 1 heterocycles. The molecule has 1 saturated heterocycles. The van der Waals surface area contributed by atoms with E-state index in [4.69, 9.17) is 4.74 Å². The average Bonchev–Trinajstić information content (AvgIpc) is 2.40. The zero-order valence-electron chi connectivity index (χ0n) is 9.94. The van der Waals surface area contributed by atoms with Crippen molar-refractivity contribution in [3.05, 3.63) is 24.3 Å². The molecule has 1 unspecified atom stereocenters. The zero-order valence-corrected chi connectivity index (χ0v) is 10.8. The van der Waals surface area contributed by atoms with Gasteiger partial charge in [-0.2, -0.15) is 11.8 Å². The second kappa shape index (κ2) is 5.96. The molecule has 1 aromatic carbocycles. The number of rotatable bonds is 3. The van der Waals surface area contributed by atoms with Gasteiger partial charge in [0.25, 0.3) is 0 Å².